The fourth-order valence-corrected chi connectivity index (χ4v) is 2.46. The second-order valence-electron chi connectivity index (χ2n) is 5.01. The number of methoxy groups -OCH3 is 1. The largest absolute Gasteiger partial charge is 0.479 e. The molecule has 6 heteroatoms. The lowest BCUT2D eigenvalue weighted by atomic mass is 10.2. The van der Waals surface area contributed by atoms with Crippen molar-refractivity contribution in [3.63, 3.8) is 0 Å². The molecule has 0 fully saturated rings. The smallest absolute Gasteiger partial charge is 0.279 e. The van der Waals surface area contributed by atoms with E-state index in [2.05, 4.69) is 15.3 Å². The van der Waals surface area contributed by atoms with Gasteiger partial charge in [-0.2, -0.15) is 0 Å². The Bertz CT molecular complexity index is 896. The monoisotopic (exact) mass is 327 g/mol. The van der Waals surface area contributed by atoms with Gasteiger partial charge < -0.3 is 10.1 Å². The first kappa shape index (κ1) is 15.2. The van der Waals surface area contributed by atoms with E-state index >= 15 is 0 Å². The van der Waals surface area contributed by atoms with Gasteiger partial charge in [-0.1, -0.05) is 29.8 Å². The van der Waals surface area contributed by atoms with Crippen LogP contribution in [0.1, 0.15) is 16.1 Å². The zero-order valence-corrected chi connectivity index (χ0v) is 13.4. The number of halogens is 1. The molecular weight excluding hydrogens is 314 g/mol. The van der Waals surface area contributed by atoms with E-state index in [1.165, 1.54) is 7.11 Å². The van der Waals surface area contributed by atoms with Gasteiger partial charge in [0.15, 0.2) is 5.69 Å². The predicted octanol–water partition coefficient (Wildman–Crippen LogP) is 3.85. The summed E-state index contributed by atoms with van der Waals surface area (Å²) in [5, 5.41) is 3.20. The zero-order chi connectivity index (χ0) is 16.4. The number of rotatable bonds is 3. The number of fused-ring (bicyclic) bond motifs is 1. The molecule has 0 bridgehead atoms. The second kappa shape index (κ2) is 6.22. The molecule has 0 aliphatic carbocycles. The highest BCUT2D eigenvalue weighted by molar-refractivity contribution is 6.34. The van der Waals surface area contributed by atoms with E-state index in [9.17, 15) is 4.79 Å². The van der Waals surface area contributed by atoms with Gasteiger partial charge >= 0.3 is 0 Å². The van der Waals surface area contributed by atoms with E-state index in [-0.39, 0.29) is 11.6 Å². The van der Waals surface area contributed by atoms with Crippen LogP contribution in [0.5, 0.6) is 5.88 Å². The van der Waals surface area contributed by atoms with Crippen LogP contribution in [0, 0.1) is 6.92 Å². The number of para-hydroxylation sites is 2. The summed E-state index contributed by atoms with van der Waals surface area (Å²) < 4.78 is 5.19. The maximum absolute atomic E-state index is 12.5. The van der Waals surface area contributed by atoms with Gasteiger partial charge in [0.2, 0.25) is 5.88 Å². The SMILES string of the molecule is COc1nc2ccccc2nc1C(=O)Nc1ccc(C)cc1Cl. The zero-order valence-electron chi connectivity index (χ0n) is 12.6. The van der Waals surface area contributed by atoms with E-state index < -0.39 is 5.91 Å². The molecule has 2 aromatic carbocycles. The fourth-order valence-electron chi connectivity index (χ4n) is 2.18. The van der Waals surface area contributed by atoms with Crippen LogP contribution in [0.3, 0.4) is 0 Å². The number of benzene rings is 2. The van der Waals surface area contributed by atoms with Crippen LogP contribution in [-0.2, 0) is 0 Å². The summed E-state index contributed by atoms with van der Waals surface area (Å²) in [7, 11) is 1.45. The van der Waals surface area contributed by atoms with Crippen molar-refractivity contribution in [2.24, 2.45) is 0 Å². The Morgan fingerprint density at radius 1 is 1.13 bits per heavy atom. The lowest BCUT2D eigenvalue weighted by Crippen LogP contribution is -2.16. The molecule has 0 atom stereocenters. The number of nitrogens with one attached hydrogen (secondary N) is 1. The van der Waals surface area contributed by atoms with Crippen molar-refractivity contribution in [1.82, 2.24) is 9.97 Å². The molecule has 1 aromatic heterocycles. The maximum Gasteiger partial charge on any atom is 0.279 e. The number of aryl methyl sites for hydroxylation is 1. The van der Waals surface area contributed by atoms with Crippen LogP contribution >= 0.6 is 11.6 Å². The number of nitrogens with zero attached hydrogens (tertiary/aromatic N) is 2. The molecule has 0 spiro atoms. The number of aromatic nitrogens is 2. The Balaban J connectivity index is 1.99. The second-order valence-corrected chi connectivity index (χ2v) is 5.41. The molecule has 3 rings (SSSR count). The number of carbonyl (C=O) groups is 1. The van der Waals surface area contributed by atoms with Crippen molar-refractivity contribution in [3.05, 3.63) is 58.7 Å². The van der Waals surface area contributed by atoms with E-state index in [1.54, 1.807) is 18.2 Å². The van der Waals surface area contributed by atoms with Gasteiger partial charge in [0.25, 0.3) is 5.91 Å². The molecule has 1 amide bonds. The Labute approximate surface area is 138 Å². The molecule has 1 heterocycles. The van der Waals surface area contributed by atoms with E-state index in [0.717, 1.165) is 5.56 Å². The molecule has 3 aromatic rings. The van der Waals surface area contributed by atoms with Gasteiger partial charge in [-0.25, -0.2) is 9.97 Å². The van der Waals surface area contributed by atoms with Gasteiger partial charge in [-0.3, -0.25) is 4.79 Å². The van der Waals surface area contributed by atoms with Crippen LogP contribution < -0.4 is 10.1 Å². The van der Waals surface area contributed by atoms with Crippen molar-refractivity contribution in [1.29, 1.82) is 0 Å². The van der Waals surface area contributed by atoms with Crippen molar-refractivity contribution in [2.75, 3.05) is 12.4 Å². The van der Waals surface area contributed by atoms with Crippen molar-refractivity contribution < 1.29 is 9.53 Å². The standard InChI is InChI=1S/C17H14ClN3O2/c1-10-7-8-12(11(18)9-10)20-16(22)15-17(23-2)21-14-6-4-3-5-13(14)19-15/h3-9H,1-2H3,(H,20,22). The van der Waals surface area contributed by atoms with Crippen LogP contribution in [-0.4, -0.2) is 23.0 Å². The average Bonchev–Trinajstić information content (AvgIpc) is 2.56. The van der Waals surface area contributed by atoms with E-state index in [1.807, 2.05) is 31.2 Å². The van der Waals surface area contributed by atoms with Crippen LogP contribution in [0.2, 0.25) is 5.02 Å². The topological polar surface area (TPSA) is 64.1 Å². The third kappa shape index (κ3) is 3.10. The Morgan fingerprint density at radius 2 is 1.83 bits per heavy atom. The summed E-state index contributed by atoms with van der Waals surface area (Å²) in [6, 6.07) is 12.7. The Morgan fingerprint density at radius 3 is 2.48 bits per heavy atom. The highest BCUT2D eigenvalue weighted by Gasteiger charge is 2.18. The molecule has 0 unspecified atom stereocenters. The summed E-state index contributed by atoms with van der Waals surface area (Å²) in [5.74, 6) is -0.254. The number of amides is 1. The first-order valence-corrected chi connectivity index (χ1v) is 7.34. The molecular formula is C17H14ClN3O2. The summed E-state index contributed by atoms with van der Waals surface area (Å²) in [6.07, 6.45) is 0. The highest BCUT2D eigenvalue weighted by Crippen LogP contribution is 2.25. The number of hydrogen-bond acceptors (Lipinski definition) is 4. The molecule has 1 N–H and O–H groups in total. The molecule has 5 nitrogen and oxygen atoms in total. The van der Waals surface area contributed by atoms with Crippen LogP contribution in [0.4, 0.5) is 5.69 Å². The van der Waals surface area contributed by atoms with Gasteiger partial charge in [0.05, 0.1) is 28.9 Å². The first-order valence-electron chi connectivity index (χ1n) is 6.97. The van der Waals surface area contributed by atoms with Gasteiger partial charge in [-0.05, 0) is 36.8 Å². The third-order valence-corrected chi connectivity index (χ3v) is 3.63. The van der Waals surface area contributed by atoms with E-state index in [0.29, 0.717) is 21.7 Å². The molecule has 0 saturated carbocycles. The lowest BCUT2D eigenvalue weighted by molar-refractivity contribution is 0.101. The maximum atomic E-state index is 12.5. The summed E-state index contributed by atoms with van der Waals surface area (Å²) in [6.45, 7) is 1.93. The minimum Gasteiger partial charge on any atom is -0.479 e. The predicted molar refractivity (Wildman–Crippen MR) is 90.2 cm³/mol. The molecule has 23 heavy (non-hydrogen) atoms. The number of carbonyl (C=O) groups excluding carboxylic acids is 1. The van der Waals surface area contributed by atoms with Crippen LogP contribution in [0.15, 0.2) is 42.5 Å². The molecule has 0 radical (unpaired) electrons. The Hall–Kier alpha value is -2.66. The summed E-state index contributed by atoms with van der Waals surface area (Å²) in [5.41, 5.74) is 2.92. The van der Waals surface area contributed by atoms with Gasteiger partial charge in [-0.15, -0.1) is 0 Å². The minimum absolute atomic E-state index is 0.114. The third-order valence-electron chi connectivity index (χ3n) is 3.32. The molecule has 116 valence electrons. The number of hydrogen-bond donors (Lipinski definition) is 1. The molecule has 0 saturated heterocycles. The number of anilines is 1. The summed E-state index contributed by atoms with van der Waals surface area (Å²) >= 11 is 6.15. The summed E-state index contributed by atoms with van der Waals surface area (Å²) in [4.78, 5) is 21.2. The van der Waals surface area contributed by atoms with Crippen molar-refractivity contribution >= 4 is 34.2 Å². The highest BCUT2D eigenvalue weighted by atomic mass is 35.5. The first-order chi connectivity index (χ1) is 11.1. The molecule has 0 aliphatic rings. The fraction of sp³-hybridized carbons (Fsp3) is 0.118. The quantitative estimate of drug-likeness (QED) is 0.793. The van der Waals surface area contributed by atoms with E-state index in [4.69, 9.17) is 16.3 Å². The minimum atomic E-state index is -0.425. The molecule has 0 aliphatic heterocycles. The lowest BCUT2D eigenvalue weighted by Gasteiger charge is -2.10. The van der Waals surface area contributed by atoms with Gasteiger partial charge in [0.1, 0.15) is 0 Å². The normalized spacial score (nSPS) is 10.6. The van der Waals surface area contributed by atoms with Crippen molar-refractivity contribution in [2.45, 2.75) is 6.92 Å². The average molecular weight is 328 g/mol. The van der Waals surface area contributed by atoms with Crippen molar-refractivity contribution in [3.8, 4) is 5.88 Å². The van der Waals surface area contributed by atoms with Gasteiger partial charge in [0, 0.05) is 0 Å². The Kier molecular flexibility index (Phi) is 4.12. The van der Waals surface area contributed by atoms with Crippen LogP contribution in [0.25, 0.3) is 11.0 Å². The number of ether oxygens (including phenoxy) is 1.